The molecule has 2 heterocycles. The Balaban J connectivity index is 1.48. The van der Waals surface area contributed by atoms with E-state index in [0.29, 0.717) is 42.7 Å². The first-order valence-corrected chi connectivity index (χ1v) is 11.6. The van der Waals surface area contributed by atoms with Crippen molar-refractivity contribution in [3.05, 3.63) is 68.3 Å². The minimum absolute atomic E-state index is 0.0280. The highest BCUT2D eigenvalue weighted by molar-refractivity contribution is 8.26. The summed E-state index contributed by atoms with van der Waals surface area (Å²) in [5.74, 6) is -0.190. The number of carbonyl (C=O) groups is 1. The SMILES string of the molecule is O=C1/C(=C/c2cc(Cl)c(OCc3cccc(F)c3)c(Cl)c2)SC(=S)N1C[C@H]1CCCO1. The zero-order chi connectivity index (χ0) is 22.0. The molecule has 31 heavy (non-hydrogen) atoms. The zero-order valence-corrected chi connectivity index (χ0v) is 19.4. The third-order valence-electron chi connectivity index (χ3n) is 4.87. The van der Waals surface area contributed by atoms with Crippen LogP contribution in [-0.2, 0) is 16.1 Å². The molecule has 0 bridgehead atoms. The number of thioether (sulfide) groups is 1. The molecule has 2 aliphatic rings. The van der Waals surface area contributed by atoms with Crippen LogP contribution < -0.4 is 4.74 Å². The maximum atomic E-state index is 13.3. The second-order valence-corrected chi connectivity index (χ2v) is 9.65. The quantitative estimate of drug-likeness (QED) is 0.356. The van der Waals surface area contributed by atoms with E-state index >= 15 is 0 Å². The molecule has 0 spiro atoms. The molecule has 1 atom stereocenters. The Kier molecular flexibility index (Phi) is 7.19. The van der Waals surface area contributed by atoms with Crippen LogP contribution in [0, 0.1) is 5.82 Å². The molecule has 2 saturated heterocycles. The van der Waals surface area contributed by atoms with Gasteiger partial charge in [-0.1, -0.05) is 59.3 Å². The van der Waals surface area contributed by atoms with E-state index in [2.05, 4.69) is 0 Å². The van der Waals surface area contributed by atoms with Crippen LogP contribution in [0.4, 0.5) is 4.39 Å². The molecule has 4 rings (SSSR count). The monoisotopic (exact) mass is 497 g/mol. The summed E-state index contributed by atoms with van der Waals surface area (Å²) in [7, 11) is 0. The second-order valence-electron chi connectivity index (χ2n) is 7.16. The van der Waals surface area contributed by atoms with E-state index in [1.54, 1.807) is 35.2 Å². The Morgan fingerprint density at radius 2 is 2.06 bits per heavy atom. The highest BCUT2D eigenvalue weighted by Gasteiger charge is 2.34. The molecule has 2 aliphatic heterocycles. The topological polar surface area (TPSA) is 38.8 Å². The summed E-state index contributed by atoms with van der Waals surface area (Å²) in [6.45, 7) is 1.31. The molecule has 0 N–H and O–H groups in total. The lowest BCUT2D eigenvalue weighted by molar-refractivity contribution is -0.123. The number of halogens is 3. The fraction of sp³-hybridized carbons (Fsp3) is 0.273. The zero-order valence-electron chi connectivity index (χ0n) is 16.3. The van der Waals surface area contributed by atoms with Gasteiger partial charge in [0.1, 0.15) is 16.7 Å². The average molecular weight is 498 g/mol. The van der Waals surface area contributed by atoms with Gasteiger partial charge in [0, 0.05) is 6.61 Å². The van der Waals surface area contributed by atoms with Crippen molar-refractivity contribution in [1.82, 2.24) is 4.90 Å². The summed E-state index contributed by atoms with van der Waals surface area (Å²) in [5, 5.41) is 0.593. The molecule has 0 unspecified atom stereocenters. The molecule has 0 saturated carbocycles. The number of rotatable bonds is 6. The molecule has 4 nitrogen and oxygen atoms in total. The summed E-state index contributed by atoms with van der Waals surface area (Å²) in [6, 6.07) is 9.44. The molecule has 2 aromatic rings. The number of benzene rings is 2. The fourth-order valence-corrected chi connectivity index (χ4v) is 5.27. The van der Waals surface area contributed by atoms with E-state index in [1.807, 2.05) is 0 Å². The summed E-state index contributed by atoms with van der Waals surface area (Å²) in [6.07, 6.45) is 3.67. The van der Waals surface area contributed by atoms with Crippen molar-refractivity contribution in [2.24, 2.45) is 0 Å². The van der Waals surface area contributed by atoms with Crippen molar-refractivity contribution in [3.8, 4) is 5.75 Å². The van der Waals surface area contributed by atoms with Gasteiger partial charge in [-0.3, -0.25) is 9.69 Å². The molecular weight excluding hydrogens is 480 g/mol. The number of hydrogen-bond donors (Lipinski definition) is 0. The van der Waals surface area contributed by atoms with E-state index < -0.39 is 0 Å². The van der Waals surface area contributed by atoms with Crippen LogP contribution in [0.2, 0.25) is 10.0 Å². The fourth-order valence-electron chi connectivity index (χ4n) is 3.38. The minimum atomic E-state index is -0.342. The maximum absolute atomic E-state index is 13.3. The van der Waals surface area contributed by atoms with Crippen LogP contribution in [0.5, 0.6) is 5.75 Å². The van der Waals surface area contributed by atoms with Gasteiger partial charge in [0.2, 0.25) is 0 Å². The predicted molar refractivity (Wildman–Crippen MR) is 126 cm³/mol. The first kappa shape index (κ1) is 22.6. The average Bonchev–Trinajstić information content (AvgIpc) is 3.32. The molecule has 2 aromatic carbocycles. The minimum Gasteiger partial charge on any atom is -0.486 e. The maximum Gasteiger partial charge on any atom is 0.266 e. The molecule has 0 radical (unpaired) electrons. The Bertz CT molecular complexity index is 1030. The summed E-state index contributed by atoms with van der Waals surface area (Å²) < 4.78 is 25.2. The first-order valence-electron chi connectivity index (χ1n) is 9.64. The van der Waals surface area contributed by atoms with Gasteiger partial charge in [0.25, 0.3) is 5.91 Å². The van der Waals surface area contributed by atoms with Gasteiger partial charge in [-0.25, -0.2) is 4.39 Å². The van der Waals surface area contributed by atoms with Crippen LogP contribution in [0.25, 0.3) is 6.08 Å². The van der Waals surface area contributed by atoms with Crippen molar-refractivity contribution in [1.29, 1.82) is 0 Å². The normalized spacial score (nSPS) is 20.2. The predicted octanol–water partition coefficient (Wildman–Crippen LogP) is 6.09. The molecular formula is C22H18Cl2FNO3S2. The Morgan fingerprint density at radius 1 is 1.29 bits per heavy atom. The molecule has 2 fully saturated rings. The smallest absolute Gasteiger partial charge is 0.266 e. The number of amides is 1. The second kappa shape index (κ2) is 9.88. The van der Waals surface area contributed by atoms with Crippen molar-refractivity contribution < 1.29 is 18.7 Å². The van der Waals surface area contributed by atoms with Gasteiger partial charge in [-0.2, -0.15) is 0 Å². The lowest BCUT2D eigenvalue weighted by Crippen LogP contribution is -2.35. The van der Waals surface area contributed by atoms with E-state index in [-0.39, 0.29) is 24.4 Å². The number of nitrogens with zero attached hydrogens (tertiary/aromatic N) is 1. The van der Waals surface area contributed by atoms with Gasteiger partial charge >= 0.3 is 0 Å². The van der Waals surface area contributed by atoms with Gasteiger partial charge in [-0.15, -0.1) is 0 Å². The van der Waals surface area contributed by atoms with Gasteiger partial charge in [-0.05, 0) is 54.3 Å². The Hall–Kier alpha value is -1.64. The number of hydrogen-bond acceptors (Lipinski definition) is 5. The third kappa shape index (κ3) is 5.41. The van der Waals surface area contributed by atoms with Crippen LogP contribution >= 0.6 is 47.2 Å². The number of thiocarbonyl (C=S) groups is 1. The Labute approximate surface area is 199 Å². The standard InChI is InChI=1S/C22H18Cl2FNO3S2/c23-17-8-14(9-18(24)20(17)29-12-13-3-1-4-15(25)7-13)10-19-21(27)26(22(30)31-19)11-16-5-2-6-28-16/h1,3-4,7-10,16H,2,5-6,11-12H2/b19-10-/t16-/m1/s1. The molecule has 9 heteroatoms. The highest BCUT2D eigenvalue weighted by atomic mass is 35.5. The number of carbonyl (C=O) groups excluding carboxylic acids is 1. The largest absolute Gasteiger partial charge is 0.486 e. The van der Waals surface area contributed by atoms with E-state index in [1.165, 1.54) is 23.9 Å². The van der Waals surface area contributed by atoms with Crippen molar-refractivity contribution in [2.45, 2.75) is 25.6 Å². The van der Waals surface area contributed by atoms with E-state index in [9.17, 15) is 9.18 Å². The highest BCUT2D eigenvalue weighted by Crippen LogP contribution is 2.38. The summed E-state index contributed by atoms with van der Waals surface area (Å²) >= 11 is 19.4. The first-order chi connectivity index (χ1) is 14.9. The Morgan fingerprint density at radius 3 is 2.74 bits per heavy atom. The van der Waals surface area contributed by atoms with Crippen LogP contribution in [-0.4, -0.2) is 34.4 Å². The van der Waals surface area contributed by atoms with Gasteiger partial charge in [0.15, 0.2) is 5.75 Å². The summed E-state index contributed by atoms with van der Waals surface area (Å²) in [5.41, 5.74) is 1.32. The van der Waals surface area contributed by atoms with Crippen molar-refractivity contribution in [2.75, 3.05) is 13.2 Å². The molecule has 0 aromatic heterocycles. The molecule has 1 amide bonds. The van der Waals surface area contributed by atoms with E-state index in [0.717, 1.165) is 19.4 Å². The summed E-state index contributed by atoms with van der Waals surface area (Å²) in [4.78, 5) is 14.9. The van der Waals surface area contributed by atoms with Crippen LogP contribution in [0.15, 0.2) is 41.3 Å². The van der Waals surface area contributed by atoms with E-state index in [4.69, 9.17) is 44.9 Å². The third-order valence-corrected chi connectivity index (χ3v) is 6.81. The molecule has 162 valence electrons. The molecule has 0 aliphatic carbocycles. The van der Waals surface area contributed by atoms with Crippen LogP contribution in [0.3, 0.4) is 0 Å². The lowest BCUT2D eigenvalue weighted by atomic mass is 10.2. The van der Waals surface area contributed by atoms with Gasteiger partial charge < -0.3 is 9.47 Å². The van der Waals surface area contributed by atoms with Crippen LogP contribution in [0.1, 0.15) is 24.0 Å². The van der Waals surface area contributed by atoms with Gasteiger partial charge in [0.05, 0.1) is 27.6 Å². The van der Waals surface area contributed by atoms with Crippen molar-refractivity contribution >= 4 is 63.5 Å². The van der Waals surface area contributed by atoms with Crippen molar-refractivity contribution in [3.63, 3.8) is 0 Å². The lowest BCUT2D eigenvalue weighted by Gasteiger charge is -2.18. The number of ether oxygens (including phenoxy) is 2.